The molecule has 3 heterocycles. The van der Waals surface area contributed by atoms with Crippen molar-refractivity contribution in [3.63, 3.8) is 0 Å². The minimum Gasteiger partial charge on any atom is -0.329 e. The largest absolute Gasteiger partial charge is 0.329 e. The van der Waals surface area contributed by atoms with Crippen molar-refractivity contribution in [2.24, 2.45) is 7.05 Å². The molecule has 0 bridgehead atoms. The van der Waals surface area contributed by atoms with Gasteiger partial charge in [0.2, 0.25) is 0 Å². The van der Waals surface area contributed by atoms with Crippen LogP contribution in [-0.2, 0) is 7.05 Å². The van der Waals surface area contributed by atoms with Gasteiger partial charge in [-0.15, -0.1) is 0 Å². The van der Waals surface area contributed by atoms with Crippen molar-refractivity contribution < 1.29 is 4.79 Å². The van der Waals surface area contributed by atoms with E-state index in [4.69, 9.17) is 5.26 Å². The zero-order chi connectivity index (χ0) is 18.8. The number of fused-ring (bicyclic) bond motifs is 1. The van der Waals surface area contributed by atoms with Crippen LogP contribution in [0.3, 0.4) is 0 Å². The first-order valence-corrected chi connectivity index (χ1v) is 8.77. The minimum atomic E-state index is -0.300. The molecule has 4 rings (SSSR count). The summed E-state index contributed by atoms with van der Waals surface area (Å²) in [6.45, 7) is 0. The highest BCUT2D eigenvalue weighted by Gasteiger charge is 2.11. The smallest absolute Gasteiger partial charge is 0.256 e. The molecule has 1 N–H and O–H groups in total. The highest BCUT2D eigenvalue weighted by Crippen LogP contribution is 2.24. The van der Waals surface area contributed by atoms with E-state index in [0.29, 0.717) is 22.6 Å². The van der Waals surface area contributed by atoms with Gasteiger partial charge in [0, 0.05) is 25.0 Å². The second kappa shape index (κ2) is 7.94. The van der Waals surface area contributed by atoms with E-state index in [1.54, 1.807) is 41.2 Å². The fraction of sp³-hybridized carbons (Fsp3) is 0.105. The first-order valence-electron chi connectivity index (χ1n) is 7.95. The van der Waals surface area contributed by atoms with Gasteiger partial charge in [0.15, 0.2) is 16.6 Å². The molecule has 0 spiro atoms. The molecule has 3 aromatic heterocycles. The maximum atomic E-state index is 12.3. The molecule has 0 atom stereocenters. The molecule has 140 valence electrons. The van der Waals surface area contributed by atoms with E-state index in [0.717, 1.165) is 10.2 Å². The van der Waals surface area contributed by atoms with Crippen molar-refractivity contribution in [3.05, 3.63) is 66.1 Å². The molecule has 1 amide bonds. The lowest BCUT2D eigenvalue weighted by Crippen LogP contribution is -2.11. The number of nitrogens with zero attached hydrogens (tertiary/aromatic N) is 6. The van der Waals surface area contributed by atoms with Crippen LogP contribution in [0.5, 0.6) is 0 Å². The number of nitriles is 1. The van der Waals surface area contributed by atoms with Crippen LogP contribution in [0.25, 0.3) is 5.65 Å². The topological polar surface area (TPSA) is 101 Å². The summed E-state index contributed by atoms with van der Waals surface area (Å²) in [6, 6.07) is 12.1. The van der Waals surface area contributed by atoms with Gasteiger partial charge in [0.25, 0.3) is 5.91 Å². The molecule has 0 fully saturated rings. The fourth-order valence-corrected chi connectivity index (χ4v) is 3.18. The number of imidazole rings is 2. The summed E-state index contributed by atoms with van der Waals surface area (Å²) in [4.78, 5) is 20.9. The zero-order valence-electron chi connectivity index (χ0n) is 14.2. The maximum Gasteiger partial charge on any atom is 0.256 e. The van der Waals surface area contributed by atoms with Gasteiger partial charge in [-0.3, -0.25) is 4.79 Å². The lowest BCUT2D eigenvalue weighted by molar-refractivity contribution is 0.102. The van der Waals surface area contributed by atoms with Crippen LogP contribution < -0.4 is 5.32 Å². The standard InChI is InChI=1S/C18H13N7OS.CH4/c1-24-9-8-20-18(24)27-16-7-6-15-21-14(11-25(15)23-16)22-17(26)13-4-2-12(10-19)3-5-13;/h2-9,11H,1H3,(H,22,26);1H4. The van der Waals surface area contributed by atoms with Gasteiger partial charge in [0.1, 0.15) is 5.03 Å². The molecule has 28 heavy (non-hydrogen) atoms. The lowest BCUT2D eigenvalue weighted by Gasteiger charge is -2.01. The SMILES string of the molecule is C.Cn1ccnc1Sc1ccc2nc(NC(=O)c3ccc(C#N)cc3)cn2n1. The van der Waals surface area contributed by atoms with E-state index < -0.39 is 0 Å². The maximum absolute atomic E-state index is 12.3. The summed E-state index contributed by atoms with van der Waals surface area (Å²) < 4.78 is 3.52. The van der Waals surface area contributed by atoms with E-state index in [2.05, 4.69) is 20.4 Å². The number of anilines is 1. The molecule has 0 radical (unpaired) electrons. The lowest BCUT2D eigenvalue weighted by atomic mass is 10.1. The van der Waals surface area contributed by atoms with Gasteiger partial charge in [-0.2, -0.15) is 10.4 Å². The third-order valence-corrected chi connectivity index (χ3v) is 4.79. The van der Waals surface area contributed by atoms with Gasteiger partial charge >= 0.3 is 0 Å². The molecule has 0 saturated heterocycles. The Morgan fingerprint density at radius 2 is 2.00 bits per heavy atom. The van der Waals surface area contributed by atoms with Gasteiger partial charge in [0.05, 0.1) is 17.8 Å². The number of aryl methyl sites for hydroxylation is 1. The summed E-state index contributed by atoms with van der Waals surface area (Å²) >= 11 is 1.44. The molecule has 0 aliphatic heterocycles. The van der Waals surface area contributed by atoms with E-state index >= 15 is 0 Å². The summed E-state index contributed by atoms with van der Waals surface area (Å²) in [6.07, 6.45) is 5.25. The quantitative estimate of drug-likeness (QED) is 0.572. The number of nitrogens with one attached hydrogen (secondary N) is 1. The van der Waals surface area contributed by atoms with Crippen LogP contribution in [0.1, 0.15) is 23.3 Å². The molecular weight excluding hydrogens is 374 g/mol. The Hall–Kier alpha value is -3.64. The van der Waals surface area contributed by atoms with Gasteiger partial charge < -0.3 is 9.88 Å². The Morgan fingerprint density at radius 1 is 1.21 bits per heavy atom. The zero-order valence-corrected chi connectivity index (χ0v) is 15.0. The molecule has 8 nitrogen and oxygen atoms in total. The third kappa shape index (κ3) is 3.87. The van der Waals surface area contributed by atoms with Crippen molar-refractivity contribution >= 4 is 29.1 Å². The Kier molecular flexibility index (Phi) is 5.42. The number of hydrogen-bond donors (Lipinski definition) is 1. The summed E-state index contributed by atoms with van der Waals surface area (Å²) in [5.74, 6) is 0.0986. The monoisotopic (exact) mass is 391 g/mol. The molecule has 0 aliphatic rings. The Bertz CT molecular complexity index is 1170. The number of benzene rings is 1. The van der Waals surface area contributed by atoms with Gasteiger partial charge in [-0.1, -0.05) is 7.43 Å². The number of carbonyl (C=O) groups excluding carboxylic acids is 1. The molecule has 4 aromatic rings. The van der Waals surface area contributed by atoms with Crippen molar-refractivity contribution in [2.75, 3.05) is 5.32 Å². The molecule has 0 aliphatic carbocycles. The summed E-state index contributed by atoms with van der Waals surface area (Å²) in [7, 11) is 1.92. The first kappa shape index (κ1) is 19.1. The summed E-state index contributed by atoms with van der Waals surface area (Å²) in [5.41, 5.74) is 1.57. The predicted octanol–water partition coefficient (Wildman–Crippen LogP) is 3.37. The molecule has 0 saturated carbocycles. The van der Waals surface area contributed by atoms with Crippen LogP contribution in [0.15, 0.2) is 65.2 Å². The predicted molar refractivity (Wildman–Crippen MR) is 106 cm³/mol. The average Bonchev–Trinajstić information content (AvgIpc) is 3.27. The van der Waals surface area contributed by atoms with E-state index in [1.807, 2.05) is 36.0 Å². The van der Waals surface area contributed by atoms with Gasteiger partial charge in [-0.05, 0) is 48.2 Å². The minimum absolute atomic E-state index is 0. The fourth-order valence-electron chi connectivity index (χ4n) is 2.41. The van der Waals surface area contributed by atoms with Crippen molar-refractivity contribution in [1.82, 2.24) is 24.1 Å². The van der Waals surface area contributed by atoms with Crippen LogP contribution >= 0.6 is 11.8 Å². The number of hydrogen-bond acceptors (Lipinski definition) is 6. The molecular formula is C19H17N7OS. The Morgan fingerprint density at radius 3 is 2.68 bits per heavy atom. The Labute approximate surface area is 165 Å². The molecule has 0 unspecified atom stereocenters. The summed E-state index contributed by atoms with van der Waals surface area (Å²) in [5, 5.41) is 17.7. The number of aromatic nitrogens is 5. The third-order valence-electron chi connectivity index (χ3n) is 3.79. The number of amides is 1. The number of rotatable bonds is 4. The second-order valence-corrected chi connectivity index (χ2v) is 6.65. The van der Waals surface area contributed by atoms with Gasteiger partial charge in [-0.25, -0.2) is 14.5 Å². The highest BCUT2D eigenvalue weighted by molar-refractivity contribution is 7.99. The average molecular weight is 391 g/mol. The van der Waals surface area contributed by atoms with Crippen molar-refractivity contribution in [3.8, 4) is 6.07 Å². The van der Waals surface area contributed by atoms with Crippen LogP contribution in [0, 0.1) is 11.3 Å². The second-order valence-electron chi connectivity index (χ2n) is 5.67. The molecule has 9 heteroatoms. The van der Waals surface area contributed by atoms with Crippen LogP contribution in [0.2, 0.25) is 0 Å². The normalized spacial score (nSPS) is 10.3. The van der Waals surface area contributed by atoms with E-state index in [1.165, 1.54) is 11.8 Å². The van der Waals surface area contributed by atoms with E-state index in [9.17, 15) is 4.79 Å². The Balaban J connectivity index is 0.00000225. The molecule has 1 aromatic carbocycles. The highest BCUT2D eigenvalue weighted by atomic mass is 32.2. The van der Waals surface area contributed by atoms with Crippen molar-refractivity contribution in [1.29, 1.82) is 5.26 Å². The van der Waals surface area contributed by atoms with E-state index in [-0.39, 0.29) is 13.3 Å². The first-order chi connectivity index (χ1) is 13.1. The number of carbonyl (C=O) groups is 1. The van der Waals surface area contributed by atoms with Crippen LogP contribution in [0.4, 0.5) is 5.82 Å². The van der Waals surface area contributed by atoms with Crippen molar-refractivity contribution in [2.45, 2.75) is 17.6 Å². The van der Waals surface area contributed by atoms with Crippen LogP contribution in [-0.4, -0.2) is 30.1 Å².